The quantitative estimate of drug-likeness (QED) is 0.496. The molecule has 0 amide bonds. The van der Waals surface area contributed by atoms with E-state index in [-0.39, 0.29) is 18.4 Å². The summed E-state index contributed by atoms with van der Waals surface area (Å²) in [5, 5.41) is 0. The minimum Gasteiger partial charge on any atom is -0.294 e. The Bertz CT molecular complexity index is 617. The van der Waals surface area contributed by atoms with Crippen LogP contribution >= 0.6 is 0 Å². The second-order valence-electron chi connectivity index (χ2n) is 8.83. The summed E-state index contributed by atoms with van der Waals surface area (Å²) in [5.74, 6) is -4.07. The van der Waals surface area contributed by atoms with Crippen molar-refractivity contribution in [2.24, 2.45) is 17.3 Å². The molecule has 0 N–H and O–H groups in total. The molecule has 0 aromatic rings. The molecule has 0 bridgehead atoms. The van der Waals surface area contributed by atoms with Crippen LogP contribution in [-0.2, 0) is 9.59 Å². The van der Waals surface area contributed by atoms with Gasteiger partial charge in [-0.05, 0) is 62.9 Å². The van der Waals surface area contributed by atoms with Gasteiger partial charge >= 0.3 is 0 Å². The van der Waals surface area contributed by atoms with Gasteiger partial charge in [0.2, 0.25) is 0 Å². The summed E-state index contributed by atoms with van der Waals surface area (Å²) in [6, 6.07) is 0. The van der Waals surface area contributed by atoms with Gasteiger partial charge in [0.1, 0.15) is 0 Å². The first-order chi connectivity index (χ1) is 12.6. The number of hydrogen-bond donors (Lipinski definition) is 0. The molecule has 0 saturated heterocycles. The summed E-state index contributed by atoms with van der Waals surface area (Å²) in [7, 11) is 0. The maximum Gasteiger partial charge on any atom is 0.267 e. The SMILES string of the molecule is CC(=O)C1=CC=C(C(C)(F)F)C(CCC2CC3(CCCC3)C2)C1=O.CCC.[HH]. The van der Waals surface area contributed by atoms with Gasteiger partial charge in [0.05, 0.1) is 5.57 Å². The fourth-order valence-corrected chi connectivity index (χ4v) is 5.03. The van der Waals surface area contributed by atoms with Crippen LogP contribution in [0.5, 0.6) is 0 Å². The highest BCUT2D eigenvalue weighted by molar-refractivity contribution is 6.21. The minimum atomic E-state index is -3.02. The Kier molecular flexibility index (Phi) is 7.15. The van der Waals surface area contributed by atoms with Crippen molar-refractivity contribution in [2.75, 3.05) is 0 Å². The largest absolute Gasteiger partial charge is 0.294 e. The third-order valence-corrected chi connectivity index (χ3v) is 6.24. The van der Waals surface area contributed by atoms with E-state index in [0.717, 1.165) is 13.3 Å². The maximum absolute atomic E-state index is 13.9. The van der Waals surface area contributed by atoms with Gasteiger partial charge < -0.3 is 0 Å². The van der Waals surface area contributed by atoms with Crippen LogP contribution in [0.4, 0.5) is 8.78 Å². The van der Waals surface area contributed by atoms with E-state index in [1.165, 1.54) is 64.0 Å². The fourth-order valence-electron chi connectivity index (χ4n) is 5.03. The third kappa shape index (κ3) is 5.14. The first-order valence-corrected chi connectivity index (χ1v) is 10.5. The molecule has 1 unspecified atom stereocenters. The summed E-state index contributed by atoms with van der Waals surface area (Å²) in [6.07, 6.45) is 12.7. The lowest BCUT2D eigenvalue weighted by atomic mass is 9.59. The zero-order chi connectivity index (χ0) is 20.2. The lowest BCUT2D eigenvalue weighted by molar-refractivity contribution is -0.123. The molecular weight excluding hydrogens is 346 g/mol. The zero-order valence-electron chi connectivity index (χ0n) is 17.2. The van der Waals surface area contributed by atoms with Crippen LogP contribution in [0, 0.1) is 17.3 Å². The Morgan fingerprint density at radius 3 is 2.22 bits per heavy atom. The molecule has 3 aliphatic carbocycles. The molecule has 27 heavy (non-hydrogen) atoms. The van der Waals surface area contributed by atoms with Crippen molar-refractivity contribution >= 4 is 11.6 Å². The molecule has 2 fully saturated rings. The fraction of sp³-hybridized carbons (Fsp3) is 0.739. The Morgan fingerprint density at radius 2 is 1.74 bits per heavy atom. The molecule has 0 radical (unpaired) electrons. The van der Waals surface area contributed by atoms with Gasteiger partial charge in [0, 0.05) is 19.8 Å². The van der Waals surface area contributed by atoms with Gasteiger partial charge in [-0.3, -0.25) is 9.59 Å². The van der Waals surface area contributed by atoms with Crippen LogP contribution < -0.4 is 0 Å². The van der Waals surface area contributed by atoms with E-state index in [9.17, 15) is 18.4 Å². The number of alkyl halides is 2. The normalized spacial score (nSPS) is 24.7. The smallest absolute Gasteiger partial charge is 0.267 e. The van der Waals surface area contributed by atoms with Gasteiger partial charge in [-0.2, -0.15) is 0 Å². The highest BCUT2D eigenvalue weighted by Crippen LogP contribution is 2.57. The van der Waals surface area contributed by atoms with E-state index >= 15 is 0 Å². The van der Waals surface area contributed by atoms with Crippen LogP contribution in [0.25, 0.3) is 0 Å². The van der Waals surface area contributed by atoms with Crippen molar-refractivity contribution in [3.05, 3.63) is 23.3 Å². The van der Waals surface area contributed by atoms with Crippen LogP contribution in [0.1, 0.15) is 86.9 Å². The predicted octanol–water partition coefficient (Wildman–Crippen LogP) is 6.70. The van der Waals surface area contributed by atoms with Crippen molar-refractivity contribution in [2.45, 2.75) is 91.4 Å². The number of Topliss-reactive ketones (excluding diaryl/α,β-unsaturated/α-hetero) is 2. The van der Waals surface area contributed by atoms with E-state index in [4.69, 9.17) is 0 Å². The number of allylic oxidation sites excluding steroid dienone is 4. The summed E-state index contributed by atoms with van der Waals surface area (Å²) < 4.78 is 27.8. The molecule has 0 aliphatic heterocycles. The zero-order valence-corrected chi connectivity index (χ0v) is 17.2. The van der Waals surface area contributed by atoms with E-state index in [1.807, 2.05) is 0 Å². The molecule has 1 atom stereocenters. The molecule has 2 nitrogen and oxygen atoms in total. The predicted molar refractivity (Wildman–Crippen MR) is 107 cm³/mol. The summed E-state index contributed by atoms with van der Waals surface area (Å²) in [6.45, 7) is 6.40. The summed E-state index contributed by atoms with van der Waals surface area (Å²) in [5.41, 5.74) is 0.459. The number of hydrogen-bond acceptors (Lipinski definition) is 2. The van der Waals surface area contributed by atoms with Crippen LogP contribution in [0.15, 0.2) is 23.3 Å². The van der Waals surface area contributed by atoms with E-state index in [1.54, 1.807) is 0 Å². The summed E-state index contributed by atoms with van der Waals surface area (Å²) >= 11 is 0. The number of carbonyl (C=O) groups is 2. The molecular formula is C23H36F2O2. The Hall–Kier alpha value is -1.32. The highest BCUT2D eigenvalue weighted by atomic mass is 19.3. The summed E-state index contributed by atoms with van der Waals surface area (Å²) in [4.78, 5) is 24.1. The molecule has 3 rings (SSSR count). The molecule has 0 aromatic heterocycles. The first-order valence-electron chi connectivity index (χ1n) is 10.5. The first kappa shape index (κ1) is 22.0. The Labute approximate surface area is 164 Å². The number of halogens is 2. The van der Waals surface area contributed by atoms with Crippen molar-refractivity contribution in [1.29, 1.82) is 0 Å². The van der Waals surface area contributed by atoms with Crippen LogP contribution in [0.3, 0.4) is 0 Å². The second-order valence-corrected chi connectivity index (χ2v) is 8.83. The molecule has 0 aromatic carbocycles. The molecule has 1 spiro atoms. The molecule has 2 saturated carbocycles. The molecule has 0 heterocycles. The van der Waals surface area contributed by atoms with Gasteiger partial charge in [-0.15, -0.1) is 0 Å². The number of carbonyl (C=O) groups excluding carboxylic acids is 2. The van der Waals surface area contributed by atoms with Gasteiger partial charge in [-0.1, -0.05) is 39.2 Å². The molecule has 154 valence electrons. The lowest BCUT2D eigenvalue weighted by Gasteiger charge is -2.46. The van der Waals surface area contributed by atoms with Crippen LogP contribution in [-0.4, -0.2) is 17.5 Å². The van der Waals surface area contributed by atoms with Gasteiger partial charge in [0.25, 0.3) is 5.92 Å². The number of ketones is 2. The van der Waals surface area contributed by atoms with Crippen molar-refractivity contribution in [3.8, 4) is 0 Å². The monoisotopic (exact) mass is 382 g/mol. The van der Waals surface area contributed by atoms with Crippen molar-refractivity contribution in [1.82, 2.24) is 0 Å². The van der Waals surface area contributed by atoms with E-state index in [2.05, 4.69) is 13.8 Å². The van der Waals surface area contributed by atoms with E-state index in [0.29, 0.717) is 17.8 Å². The van der Waals surface area contributed by atoms with Gasteiger partial charge in [-0.25, -0.2) is 8.78 Å². The Morgan fingerprint density at radius 1 is 1.19 bits per heavy atom. The lowest BCUT2D eigenvalue weighted by Crippen LogP contribution is -2.36. The minimum absolute atomic E-state index is 0. The highest BCUT2D eigenvalue weighted by Gasteiger charge is 2.46. The standard InChI is InChI=1S/C20H26F2O2.C3H8.H2/c1-13(23)15-7-8-17(19(2,21)22)16(18(15)24)6-5-14-11-20(12-14)9-3-4-10-20;1-3-2;/h7-8,14,16H,3-6,9-12H2,1-2H3;3H2,1-2H3;1H. The third-order valence-electron chi connectivity index (χ3n) is 6.24. The topological polar surface area (TPSA) is 34.1 Å². The molecule has 3 aliphatic rings. The second kappa shape index (κ2) is 8.79. The van der Waals surface area contributed by atoms with Crippen LogP contribution in [0.2, 0.25) is 0 Å². The average Bonchev–Trinajstić information content (AvgIpc) is 3.01. The number of rotatable bonds is 5. The van der Waals surface area contributed by atoms with Gasteiger partial charge in [0.15, 0.2) is 11.6 Å². The average molecular weight is 383 g/mol. The maximum atomic E-state index is 13.9. The van der Waals surface area contributed by atoms with Crippen molar-refractivity contribution < 1.29 is 19.8 Å². The molecule has 4 heteroatoms. The van der Waals surface area contributed by atoms with Crippen molar-refractivity contribution in [3.63, 3.8) is 0 Å². The van der Waals surface area contributed by atoms with E-state index < -0.39 is 17.6 Å². The Balaban J connectivity index is 0.000000921.